The second-order valence-corrected chi connectivity index (χ2v) is 5.01. The van der Waals surface area contributed by atoms with Gasteiger partial charge in [-0.2, -0.15) is 0 Å². The van der Waals surface area contributed by atoms with E-state index in [9.17, 15) is 0 Å². The molecule has 0 N–H and O–H groups in total. The molecular weight excluding hydrogens is 268 g/mol. The van der Waals surface area contributed by atoms with Crippen molar-refractivity contribution in [3.8, 4) is 11.5 Å². The maximum absolute atomic E-state index is 5.78. The fourth-order valence-electron chi connectivity index (χ4n) is 1.72. The molecule has 1 aromatic rings. The summed E-state index contributed by atoms with van der Waals surface area (Å²) in [4.78, 5) is 0. The first kappa shape index (κ1) is 11.5. The van der Waals surface area contributed by atoms with Crippen LogP contribution in [0.2, 0.25) is 0 Å². The number of rotatable bonds is 2. The molecule has 0 radical (unpaired) electrons. The Morgan fingerprint density at radius 1 is 1.38 bits per heavy atom. The molecule has 3 heteroatoms. The van der Waals surface area contributed by atoms with Gasteiger partial charge in [-0.25, -0.2) is 0 Å². The van der Waals surface area contributed by atoms with Gasteiger partial charge in [0.05, 0.1) is 7.11 Å². The van der Waals surface area contributed by atoms with E-state index >= 15 is 0 Å². The predicted octanol–water partition coefficient (Wildman–Crippen LogP) is 3.89. The Morgan fingerprint density at radius 3 is 2.75 bits per heavy atom. The number of hydrogen-bond acceptors (Lipinski definition) is 2. The topological polar surface area (TPSA) is 18.5 Å². The van der Waals surface area contributed by atoms with Gasteiger partial charge >= 0.3 is 0 Å². The molecule has 2 rings (SSSR count). The third-order valence-electron chi connectivity index (χ3n) is 2.78. The normalized spacial score (nSPS) is 14.2. The molecular formula is C13H15BrO2. The van der Waals surface area contributed by atoms with Crippen molar-refractivity contribution in [1.29, 1.82) is 0 Å². The van der Waals surface area contributed by atoms with Gasteiger partial charge < -0.3 is 9.47 Å². The minimum absolute atomic E-state index is 0.506. The Morgan fingerprint density at radius 2 is 2.12 bits per heavy atom. The molecule has 0 atom stereocenters. The Kier molecular flexibility index (Phi) is 3.24. The summed E-state index contributed by atoms with van der Waals surface area (Å²) in [6, 6.07) is 3.90. The fraction of sp³-hybridized carbons (Fsp3) is 0.385. The Balaban J connectivity index is 2.53. The number of benzene rings is 1. The molecule has 0 aliphatic carbocycles. The lowest BCUT2D eigenvalue weighted by molar-refractivity contribution is 0.306. The van der Waals surface area contributed by atoms with Crippen LogP contribution in [0, 0.1) is 5.92 Å². The van der Waals surface area contributed by atoms with Crippen LogP contribution >= 0.6 is 15.9 Å². The lowest BCUT2D eigenvalue weighted by Crippen LogP contribution is -2.12. The van der Waals surface area contributed by atoms with Gasteiger partial charge in [0.1, 0.15) is 6.61 Å². The highest BCUT2D eigenvalue weighted by Crippen LogP contribution is 2.40. The number of methoxy groups -OCH3 is 1. The van der Waals surface area contributed by atoms with Crippen molar-refractivity contribution in [3.05, 3.63) is 27.7 Å². The molecule has 16 heavy (non-hydrogen) atoms. The summed E-state index contributed by atoms with van der Waals surface area (Å²) in [5.41, 5.74) is 2.38. The van der Waals surface area contributed by atoms with E-state index in [1.54, 1.807) is 7.11 Å². The summed E-state index contributed by atoms with van der Waals surface area (Å²) in [5.74, 6) is 2.13. The molecule has 0 fully saturated rings. The first-order chi connectivity index (χ1) is 7.63. The average molecular weight is 283 g/mol. The largest absolute Gasteiger partial charge is 0.493 e. The fourth-order valence-corrected chi connectivity index (χ4v) is 2.14. The highest BCUT2D eigenvalue weighted by atomic mass is 79.9. The summed E-state index contributed by atoms with van der Waals surface area (Å²) in [7, 11) is 1.66. The van der Waals surface area contributed by atoms with Crippen molar-refractivity contribution in [3.63, 3.8) is 0 Å². The standard InChI is InChI=1S/C13H15BrO2/c1-8(2)9-6-10-11(14)4-5-12(15-3)13(10)16-7-9/h4-6,8H,7H2,1-3H3. The highest BCUT2D eigenvalue weighted by molar-refractivity contribution is 9.10. The smallest absolute Gasteiger partial charge is 0.169 e. The summed E-state index contributed by atoms with van der Waals surface area (Å²) in [5, 5.41) is 0. The van der Waals surface area contributed by atoms with E-state index in [1.807, 2.05) is 12.1 Å². The van der Waals surface area contributed by atoms with Crippen molar-refractivity contribution in [2.45, 2.75) is 13.8 Å². The van der Waals surface area contributed by atoms with E-state index in [4.69, 9.17) is 9.47 Å². The number of fused-ring (bicyclic) bond motifs is 1. The van der Waals surface area contributed by atoms with Gasteiger partial charge in [0.15, 0.2) is 11.5 Å². The van der Waals surface area contributed by atoms with Crippen LogP contribution in [0.1, 0.15) is 19.4 Å². The molecule has 0 amide bonds. The van der Waals surface area contributed by atoms with Crippen LogP contribution < -0.4 is 9.47 Å². The number of hydrogen-bond donors (Lipinski definition) is 0. The van der Waals surface area contributed by atoms with E-state index in [-0.39, 0.29) is 0 Å². The molecule has 1 aromatic carbocycles. The Labute approximate surface area is 104 Å². The summed E-state index contributed by atoms with van der Waals surface area (Å²) in [6.45, 7) is 5.00. The van der Waals surface area contributed by atoms with Crippen molar-refractivity contribution < 1.29 is 9.47 Å². The highest BCUT2D eigenvalue weighted by Gasteiger charge is 2.19. The third kappa shape index (κ3) is 1.96. The molecule has 0 saturated carbocycles. The summed E-state index contributed by atoms with van der Waals surface area (Å²) < 4.78 is 12.1. The third-order valence-corrected chi connectivity index (χ3v) is 3.47. The van der Waals surface area contributed by atoms with Crippen LogP contribution in [0.15, 0.2) is 22.2 Å². The zero-order valence-electron chi connectivity index (χ0n) is 9.71. The Bertz CT molecular complexity index is 436. The number of ether oxygens (including phenoxy) is 2. The summed E-state index contributed by atoms with van der Waals surface area (Å²) >= 11 is 3.54. The number of halogens is 1. The van der Waals surface area contributed by atoms with Crippen LogP contribution in [0.3, 0.4) is 0 Å². The average Bonchev–Trinajstić information content (AvgIpc) is 2.29. The van der Waals surface area contributed by atoms with Gasteiger partial charge in [0.2, 0.25) is 0 Å². The molecule has 1 aliphatic heterocycles. The molecule has 1 aliphatic rings. The van der Waals surface area contributed by atoms with E-state index in [2.05, 4.69) is 35.9 Å². The van der Waals surface area contributed by atoms with E-state index < -0.39 is 0 Å². The van der Waals surface area contributed by atoms with Gasteiger partial charge in [-0.05, 0) is 29.7 Å². The van der Waals surface area contributed by atoms with Gasteiger partial charge in [0.25, 0.3) is 0 Å². The second kappa shape index (κ2) is 4.50. The first-order valence-electron chi connectivity index (χ1n) is 5.33. The minimum Gasteiger partial charge on any atom is -0.493 e. The van der Waals surface area contributed by atoms with Crippen LogP contribution in [-0.2, 0) is 0 Å². The van der Waals surface area contributed by atoms with Gasteiger partial charge in [-0.15, -0.1) is 0 Å². The quantitative estimate of drug-likeness (QED) is 0.819. The van der Waals surface area contributed by atoms with Crippen molar-refractivity contribution in [2.24, 2.45) is 5.92 Å². The van der Waals surface area contributed by atoms with E-state index in [0.29, 0.717) is 12.5 Å². The summed E-state index contributed by atoms with van der Waals surface area (Å²) in [6.07, 6.45) is 2.19. The van der Waals surface area contributed by atoms with Gasteiger partial charge in [0, 0.05) is 10.0 Å². The molecule has 1 heterocycles. The van der Waals surface area contributed by atoms with Crippen LogP contribution in [0.25, 0.3) is 6.08 Å². The van der Waals surface area contributed by atoms with Gasteiger partial charge in [-0.1, -0.05) is 29.8 Å². The second-order valence-electron chi connectivity index (χ2n) is 4.16. The van der Waals surface area contributed by atoms with Crippen LogP contribution in [-0.4, -0.2) is 13.7 Å². The van der Waals surface area contributed by atoms with Crippen molar-refractivity contribution in [1.82, 2.24) is 0 Å². The van der Waals surface area contributed by atoms with Gasteiger partial charge in [-0.3, -0.25) is 0 Å². The van der Waals surface area contributed by atoms with Crippen LogP contribution in [0.4, 0.5) is 0 Å². The molecule has 86 valence electrons. The zero-order valence-corrected chi connectivity index (χ0v) is 11.3. The maximum Gasteiger partial charge on any atom is 0.169 e. The maximum atomic E-state index is 5.78. The molecule has 0 spiro atoms. The predicted molar refractivity (Wildman–Crippen MR) is 69.0 cm³/mol. The Hall–Kier alpha value is -0.960. The van der Waals surface area contributed by atoms with Crippen molar-refractivity contribution in [2.75, 3.05) is 13.7 Å². The molecule has 2 nitrogen and oxygen atoms in total. The SMILES string of the molecule is COc1ccc(Br)c2c1OCC(C(C)C)=C2. The zero-order chi connectivity index (χ0) is 11.7. The molecule has 0 aromatic heterocycles. The van der Waals surface area contributed by atoms with Crippen LogP contribution in [0.5, 0.6) is 11.5 Å². The van der Waals surface area contributed by atoms with E-state index in [0.717, 1.165) is 21.5 Å². The molecule has 0 saturated heterocycles. The minimum atomic E-state index is 0.506. The monoisotopic (exact) mass is 282 g/mol. The lowest BCUT2D eigenvalue weighted by Gasteiger charge is -2.22. The molecule has 0 bridgehead atoms. The lowest BCUT2D eigenvalue weighted by atomic mass is 9.98. The molecule has 0 unspecified atom stereocenters. The van der Waals surface area contributed by atoms with E-state index in [1.165, 1.54) is 5.57 Å². The first-order valence-corrected chi connectivity index (χ1v) is 6.12. The van der Waals surface area contributed by atoms with Crippen molar-refractivity contribution >= 4 is 22.0 Å².